The molecule has 0 saturated carbocycles. The normalized spacial score (nSPS) is 13.6. The summed E-state index contributed by atoms with van der Waals surface area (Å²) in [5.74, 6) is 0.810. The minimum Gasteiger partial charge on any atom is -0.396 e. The lowest BCUT2D eigenvalue weighted by Crippen LogP contribution is -2.40. The summed E-state index contributed by atoms with van der Waals surface area (Å²) in [4.78, 5) is 13.0. The van der Waals surface area contributed by atoms with Gasteiger partial charge in [0.15, 0.2) is 6.23 Å². The molecule has 7 nitrogen and oxygen atoms in total. The van der Waals surface area contributed by atoms with E-state index in [2.05, 4.69) is 33.4 Å². The number of thioether (sulfide) groups is 1. The Bertz CT molecular complexity index is 648. The van der Waals surface area contributed by atoms with Gasteiger partial charge in [-0.25, -0.2) is 9.97 Å². The van der Waals surface area contributed by atoms with E-state index in [1.54, 1.807) is 26.1 Å². The van der Waals surface area contributed by atoms with Gasteiger partial charge in [-0.05, 0) is 32.4 Å². The fourth-order valence-electron chi connectivity index (χ4n) is 2.64. The van der Waals surface area contributed by atoms with Crippen molar-refractivity contribution in [2.45, 2.75) is 59.8 Å². The van der Waals surface area contributed by atoms with E-state index >= 15 is 0 Å². The largest absolute Gasteiger partial charge is 0.396 e. The first-order chi connectivity index (χ1) is 14.3. The summed E-state index contributed by atoms with van der Waals surface area (Å²) in [6.07, 6.45) is 4.06. The average molecular weight is 441 g/mol. The van der Waals surface area contributed by atoms with Gasteiger partial charge in [0, 0.05) is 13.7 Å². The van der Waals surface area contributed by atoms with Crippen LogP contribution in [0.2, 0.25) is 0 Å². The molecule has 1 aromatic rings. The Morgan fingerprint density at radius 3 is 2.17 bits per heavy atom. The first-order valence-electron chi connectivity index (χ1n) is 10.1. The number of aryl methyl sites for hydroxylation is 2. The van der Waals surface area contributed by atoms with Crippen molar-refractivity contribution in [1.29, 1.82) is 0 Å². The molecular formula is C22H40N4O3S. The number of aliphatic hydroxyl groups is 3. The van der Waals surface area contributed by atoms with E-state index in [-0.39, 0.29) is 12.5 Å². The molecule has 30 heavy (non-hydrogen) atoms. The predicted molar refractivity (Wildman–Crippen MR) is 130 cm³/mol. The van der Waals surface area contributed by atoms with E-state index in [0.29, 0.717) is 24.5 Å². The molecule has 0 aromatic carbocycles. The lowest BCUT2D eigenvalue weighted by atomic mass is 9.95. The van der Waals surface area contributed by atoms with Gasteiger partial charge in [0.25, 0.3) is 0 Å². The lowest BCUT2D eigenvalue weighted by Gasteiger charge is -2.27. The number of hydrogen-bond acceptors (Lipinski definition) is 8. The molecule has 0 fully saturated rings. The topological polar surface area (TPSA) is 111 Å². The minimum absolute atomic E-state index is 0.0294. The van der Waals surface area contributed by atoms with Crippen molar-refractivity contribution in [3.05, 3.63) is 42.4 Å². The van der Waals surface area contributed by atoms with Gasteiger partial charge in [-0.1, -0.05) is 52.5 Å². The maximum absolute atomic E-state index is 10.4. The molecule has 1 aromatic heterocycles. The molecule has 0 aliphatic heterocycles. The van der Waals surface area contributed by atoms with Crippen molar-refractivity contribution >= 4 is 22.6 Å². The number of nitrogens with zero attached hydrogens (tertiary/aromatic N) is 3. The molecule has 0 aliphatic rings. The SMILES string of the molecule is C=CC=C.CC.CCC(CCO)[C@@H](O)[C@@H](O)Nc1nc(C)nc(C)c1C(=NC)SC. The molecule has 1 rings (SSSR count). The first-order valence-corrected chi connectivity index (χ1v) is 11.4. The summed E-state index contributed by atoms with van der Waals surface area (Å²) >= 11 is 1.46. The Morgan fingerprint density at radius 2 is 1.77 bits per heavy atom. The third kappa shape index (κ3) is 10.3. The Kier molecular flexibility index (Phi) is 18.3. The van der Waals surface area contributed by atoms with Crippen LogP contribution in [0.4, 0.5) is 5.82 Å². The molecule has 4 N–H and O–H groups in total. The zero-order valence-corrected chi connectivity index (χ0v) is 20.3. The second-order valence-electron chi connectivity index (χ2n) is 6.04. The van der Waals surface area contributed by atoms with Gasteiger partial charge in [0.1, 0.15) is 22.8 Å². The van der Waals surface area contributed by atoms with Crippen LogP contribution in [-0.2, 0) is 0 Å². The standard InChI is InChI=1S/C16H28N4O3S.C4H6.C2H6/c1-6-11(7-8-21)13(22)15(23)20-14-12(16(17-4)24-5)9(2)18-10(3)19-14;1-3-4-2;1-2/h11,13,15,21-23H,6-8H2,1-5H3,(H,18,19,20);3-4H,1-2H2;1-2H3/t11?,13-,15-;;/m1../s1. The van der Waals surface area contributed by atoms with E-state index in [0.717, 1.165) is 16.3 Å². The van der Waals surface area contributed by atoms with Crippen molar-refractivity contribution in [2.24, 2.45) is 10.9 Å². The number of aliphatic imine (C=N–C) groups is 1. The van der Waals surface area contributed by atoms with Crippen molar-refractivity contribution in [1.82, 2.24) is 9.97 Å². The fourth-order valence-corrected chi connectivity index (χ4v) is 3.27. The van der Waals surface area contributed by atoms with Crippen molar-refractivity contribution in [3.8, 4) is 0 Å². The van der Waals surface area contributed by atoms with Gasteiger partial charge in [0.05, 0.1) is 11.3 Å². The number of aromatic nitrogens is 2. The number of anilines is 1. The molecular weight excluding hydrogens is 400 g/mol. The third-order valence-corrected chi connectivity index (χ3v) is 4.87. The van der Waals surface area contributed by atoms with Crippen LogP contribution in [-0.4, -0.2) is 62.6 Å². The zero-order valence-electron chi connectivity index (χ0n) is 19.5. The summed E-state index contributed by atoms with van der Waals surface area (Å²) in [6, 6.07) is 0. The highest BCUT2D eigenvalue weighted by molar-refractivity contribution is 8.13. The van der Waals surface area contributed by atoms with E-state index in [9.17, 15) is 10.2 Å². The monoisotopic (exact) mass is 440 g/mol. The number of rotatable bonds is 9. The smallest absolute Gasteiger partial charge is 0.152 e. The molecule has 8 heteroatoms. The maximum atomic E-state index is 10.4. The molecule has 1 unspecified atom stereocenters. The molecule has 0 spiro atoms. The van der Waals surface area contributed by atoms with E-state index in [4.69, 9.17) is 5.11 Å². The van der Waals surface area contributed by atoms with Crippen molar-refractivity contribution in [3.63, 3.8) is 0 Å². The number of hydrogen-bond donors (Lipinski definition) is 4. The Hall–Kier alpha value is -1.74. The van der Waals surface area contributed by atoms with Gasteiger partial charge in [-0.15, -0.1) is 11.8 Å². The van der Waals surface area contributed by atoms with Crippen LogP contribution >= 0.6 is 11.8 Å². The Balaban J connectivity index is 0. The minimum atomic E-state index is -1.20. The van der Waals surface area contributed by atoms with Crippen LogP contribution in [0.1, 0.15) is 50.7 Å². The van der Waals surface area contributed by atoms with Crippen LogP contribution < -0.4 is 5.32 Å². The summed E-state index contributed by atoms with van der Waals surface area (Å²) in [5.41, 5.74) is 1.47. The van der Waals surface area contributed by atoms with Crippen LogP contribution in [0.15, 0.2) is 30.3 Å². The van der Waals surface area contributed by atoms with E-state index < -0.39 is 12.3 Å². The highest BCUT2D eigenvalue weighted by Crippen LogP contribution is 2.24. The molecule has 172 valence electrons. The Morgan fingerprint density at radius 1 is 1.20 bits per heavy atom. The summed E-state index contributed by atoms with van der Waals surface area (Å²) in [7, 11) is 1.69. The molecule has 0 radical (unpaired) electrons. The first kappa shape index (κ1) is 30.5. The van der Waals surface area contributed by atoms with Crippen LogP contribution in [0.3, 0.4) is 0 Å². The molecule has 0 amide bonds. The number of nitrogens with one attached hydrogen (secondary N) is 1. The fraction of sp³-hybridized carbons (Fsp3) is 0.591. The molecule has 1 heterocycles. The lowest BCUT2D eigenvalue weighted by molar-refractivity contribution is -0.0103. The van der Waals surface area contributed by atoms with E-state index in [1.807, 2.05) is 34.0 Å². The molecule has 0 aliphatic carbocycles. The van der Waals surface area contributed by atoms with E-state index in [1.165, 1.54) is 11.8 Å². The third-order valence-electron chi connectivity index (χ3n) is 4.09. The summed E-state index contributed by atoms with van der Waals surface area (Å²) < 4.78 is 0. The average Bonchev–Trinajstić information content (AvgIpc) is 2.75. The predicted octanol–water partition coefficient (Wildman–Crippen LogP) is 3.72. The molecule has 3 atom stereocenters. The molecule has 0 bridgehead atoms. The van der Waals surface area contributed by atoms with Gasteiger partial charge in [-0.3, -0.25) is 4.99 Å². The van der Waals surface area contributed by atoms with Crippen LogP contribution in [0.25, 0.3) is 0 Å². The molecule has 0 saturated heterocycles. The zero-order chi connectivity index (χ0) is 23.7. The summed E-state index contributed by atoms with van der Waals surface area (Å²) in [5, 5.41) is 33.5. The second kappa shape index (κ2) is 18.1. The number of aliphatic hydroxyl groups excluding tert-OH is 3. The van der Waals surface area contributed by atoms with Crippen LogP contribution in [0, 0.1) is 19.8 Å². The highest BCUT2D eigenvalue weighted by Gasteiger charge is 2.26. The van der Waals surface area contributed by atoms with Gasteiger partial charge < -0.3 is 20.6 Å². The second-order valence-corrected chi connectivity index (χ2v) is 6.84. The van der Waals surface area contributed by atoms with Crippen molar-refractivity contribution < 1.29 is 15.3 Å². The Labute approximate surface area is 186 Å². The quantitative estimate of drug-likeness (QED) is 0.200. The van der Waals surface area contributed by atoms with Gasteiger partial charge in [-0.2, -0.15) is 0 Å². The van der Waals surface area contributed by atoms with Gasteiger partial charge in [0.2, 0.25) is 0 Å². The number of allylic oxidation sites excluding steroid dienone is 2. The van der Waals surface area contributed by atoms with Gasteiger partial charge >= 0.3 is 0 Å². The maximum Gasteiger partial charge on any atom is 0.152 e. The summed E-state index contributed by atoms with van der Waals surface area (Å²) in [6.45, 7) is 16.2. The van der Waals surface area contributed by atoms with Crippen LogP contribution in [0.5, 0.6) is 0 Å². The highest BCUT2D eigenvalue weighted by atomic mass is 32.2. The van der Waals surface area contributed by atoms with Crippen molar-refractivity contribution in [2.75, 3.05) is 25.2 Å².